The molecule has 0 unspecified atom stereocenters. The van der Waals surface area contributed by atoms with Gasteiger partial charge in [0.05, 0.1) is 5.97 Å². The molecule has 3 nitrogen and oxygen atoms in total. The van der Waals surface area contributed by atoms with Gasteiger partial charge in [0, 0.05) is 17.8 Å². The van der Waals surface area contributed by atoms with E-state index in [1.807, 2.05) is 31.3 Å². The third-order valence-electron chi connectivity index (χ3n) is 3.20. The van der Waals surface area contributed by atoms with Gasteiger partial charge in [-0.1, -0.05) is 18.2 Å². The molecular weight excluding hydrogens is 249 g/mol. The van der Waals surface area contributed by atoms with Crippen molar-refractivity contribution in [1.82, 2.24) is 4.98 Å². The van der Waals surface area contributed by atoms with Crippen LogP contribution in [0.25, 0.3) is 21.5 Å². The predicted molar refractivity (Wildman–Crippen MR) is 68.3 cm³/mol. The van der Waals surface area contributed by atoms with Crippen LogP contribution in [0.2, 0.25) is 0 Å². The van der Waals surface area contributed by atoms with Crippen LogP contribution >= 0.6 is 0 Å². The number of carbonyl (C=O) groups excluding carboxylic acids is 1. The minimum absolute atomic E-state index is 0. The van der Waals surface area contributed by atoms with Crippen LogP contribution in [0.3, 0.4) is 0 Å². The van der Waals surface area contributed by atoms with Gasteiger partial charge in [0.1, 0.15) is 0 Å². The normalized spacial score (nSPS) is 10.4. The Balaban J connectivity index is 0.00000133. The second kappa shape index (κ2) is 5.29. The molecule has 0 saturated heterocycles. The Hall–Kier alpha value is -1.42. The maximum absolute atomic E-state index is 10.9. The monoisotopic (exact) mass is 259 g/mol. The molecule has 19 heavy (non-hydrogen) atoms. The summed E-state index contributed by atoms with van der Waals surface area (Å²) in [5.41, 5.74) is 1.31. The van der Waals surface area contributed by atoms with Gasteiger partial charge in [-0.2, -0.15) is 0 Å². The molecule has 0 aliphatic heterocycles. The predicted octanol–water partition coefficient (Wildman–Crippen LogP) is -0.936. The topological polar surface area (TPSA) is 53.0 Å². The molecule has 0 aliphatic carbocycles. The van der Waals surface area contributed by atoms with Crippen molar-refractivity contribution in [3.8, 4) is 0 Å². The van der Waals surface area contributed by atoms with E-state index in [-0.39, 0.29) is 35.1 Å². The summed E-state index contributed by atoms with van der Waals surface area (Å²) in [5.74, 6) is -1.15. The number of aryl methyl sites for hydroxylation is 1. The van der Waals surface area contributed by atoms with E-state index in [0.29, 0.717) is 0 Å². The molecule has 0 amide bonds. The van der Waals surface area contributed by atoms with Gasteiger partial charge in [-0.15, -0.1) is 0 Å². The fourth-order valence-electron chi connectivity index (χ4n) is 2.32. The van der Waals surface area contributed by atoms with E-state index < -0.39 is 5.97 Å². The third-order valence-corrected chi connectivity index (χ3v) is 3.20. The summed E-state index contributed by atoms with van der Waals surface area (Å²) in [6.45, 7) is 2.01. The minimum atomic E-state index is -1.15. The first-order chi connectivity index (χ1) is 8.66. The average Bonchev–Trinajstić information content (AvgIpc) is 2.38. The Morgan fingerprint density at radius 3 is 2.63 bits per heavy atom. The molecule has 0 aliphatic rings. The summed E-state index contributed by atoms with van der Waals surface area (Å²) in [6, 6.07) is 8.98. The number of carboxylic acid groups (broad SMARTS) is 1. The average molecular weight is 259 g/mol. The quantitative estimate of drug-likeness (QED) is 0.419. The smallest absolute Gasteiger partial charge is 0.545 e. The summed E-state index contributed by atoms with van der Waals surface area (Å²) in [7, 11) is 0. The molecule has 0 N–H and O–H groups in total. The Morgan fingerprint density at radius 1 is 1.11 bits per heavy atom. The first-order valence-corrected chi connectivity index (χ1v) is 5.65. The van der Waals surface area contributed by atoms with E-state index in [0.717, 1.165) is 27.1 Å². The maximum atomic E-state index is 10.9. The number of aromatic nitrogens is 1. The van der Waals surface area contributed by atoms with Crippen LogP contribution in [0.1, 0.15) is 15.9 Å². The van der Waals surface area contributed by atoms with Crippen molar-refractivity contribution < 1.29 is 39.5 Å². The number of benzene rings is 2. The zero-order valence-corrected chi connectivity index (χ0v) is 12.8. The Morgan fingerprint density at radius 2 is 1.89 bits per heavy atom. The molecule has 2 aromatic carbocycles. The Bertz CT molecular complexity index is 784. The van der Waals surface area contributed by atoms with Crippen molar-refractivity contribution in [2.24, 2.45) is 0 Å². The van der Waals surface area contributed by atoms with E-state index in [1.165, 1.54) is 0 Å². The zero-order valence-electron chi connectivity index (χ0n) is 10.8. The molecule has 0 spiro atoms. The van der Waals surface area contributed by atoms with Crippen LogP contribution in [-0.4, -0.2) is 11.0 Å². The molecule has 0 atom stereocenters. The summed E-state index contributed by atoms with van der Waals surface area (Å²) < 4.78 is 0. The number of hydrogen-bond acceptors (Lipinski definition) is 3. The Labute approximate surface area is 132 Å². The van der Waals surface area contributed by atoms with E-state index in [1.54, 1.807) is 18.3 Å². The van der Waals surface area contributed by atoms with Crippen molar-refractivity contribution in [3.05, 3.63) is 53.9 Å². The molecule has 3 aromatic rings. The van der Waals surface area contributed by atoms with Gasteiger partial charge in [0.25, 0.3) is 0 Å². The number of carboxylic acids is 1. The van der Waals surface area contributed by atoms with E-state index in [9.17, 15) is 9.90 Å². The third kappa shape index (κ3) is 2.37. The van der Waals surface area contributed by atoms with Crippen LogP contribution < -0.4 is 34.7 Å². The molecule has 0 saturated carbocycles. The first-order valence-electron chi connectivity index (χ1n) is 5.65. The fraction of sp³-hybridized carbons (Fsp3) is 0.0667. The summed E-state index contributed by atoms with van der Waals surface area (Å²) in [5, 5.41) is 15.0. The molecule has 0 fully saturated rings. The van der Waals surface area contributed by atoms with Gasteiger partial charge < -0.3 is 9.90 Å². The standard InChI is InChI=1S/C15H11NO2.Na/c1-9-6-11-7-10(15(17)18)2-3-13(11)14-8-16-5-4-12(9)14;/h2-8H,1H3,(H,17,18);/q;+1/p-1. The summed E-state index contributed by atoms with van der Waals surface area (Å²) in [4.78, 5) is 15.0. The van der Waals surface area contributed by atoms with Gasteiger partial charge in [0.15, 0.2) is 0 Å². The van der Waals surface area contributed by atoms with Crippen molar-refractivity contribution in [2.75, 3.05) is 0 Å². The maximum Gasteiger partial charge on any atom is 1.00 e. The zero-order chi connectivity index (χ0) is 12.7. The second-order valence-electron chi connectivity index (χ2n) is 4.34. The summed E-state index contributed by atoms with van der Waals surface area (Å²) in [6.07, 6.45) is 3.57. The van der Waals surface area contributed by atoms with Crippen LogP contribution in [0.15, 0.2) is 42.7 Å². The molecule has 1 aromatic heterocycles. The first kappa shape index (κ1) is 14.0. The summed E-state index contributed by atoms with van der Waals surface area (Å²) >= 11 is 0. The second-order valence-corrected chi connectivity index (χ2v) is 4.34. The van der Waals surface area contributed by atoms with Crippen molar-refractivity contribution >= 4 is 27.5 Å². The van der Waals surface area contributed by atoms with Gasteiger partial charge in [0.2, 0.25) is 0 Å². The largest absolute Gasteiger partial charge is 1.00 e. The van der Waals surface area contributed by atoms with Gasteiger partial charge in [-0.05, 0) is 46.3 Å². The SMILES string of the molecule is Cc1cc2cc(C(=O)[O-])ccc2c2cnccc12.[Na+]. The van der Waals surface area contributed by atoms with Crippen molar-refractivity contribution in [2.45, 2.75) is 6.92 Å². The molecule has 4 heteroatoms. The number of fused-ring (bicyclic) bond motifs is 3. The number of carbonyl (C=O) groups is 1. The van der Waals surface area contributed by atoms with Crippen molar-refractivity contribution in [3.63, 3.8) is 0 Å². The van der Waals surface area contributed by atoms with Gasteiger partial charge >= 0.3 is 29.6 Å². The number of hydrogen-bond donors (Lipinski definition) is 0. The van der Waals surface area contributed by atoms with Gasteiger partial charge in [-0.25, -0.2) is 0 Å². The van der Waals surface area contributed by atoms with E-state index in [2.05, 4.69) is 4.98 Å². The number of nitrogens with zero attached hydrogens (tertiary/aromatic N) is 1. The fourth-order valence-corrected chi connectivity index (χ4v) is 2.32. The van der Waals surface area contributed by atoms with E-state index in [4.69, 9.17) is 0 Å². The molecule has 0 bridgehead atoms. The van der Waals surface area contributed by atoms with Crippen LogP contribution in [0.4, 0.5) is 0 Å². The molecule has 0 radical (unpaired) electrons. The van der Waals surface area contributed by atoms with Crippen LogP contribution in [-0.2, 0) is 0 Å². The minimum Gasteiger partial charge on any atom is -0.545 e. The number of aromatic carboxylic acids is 1. The van der Waals surface area contributed by atoms with Crippen LogP contribution in [0, 0.1) is 6.92 Å². The molecule has 3 rings (SSSR count). The number of rotatable bonds is 1. The molecular formula is C15H10NNaO2. The van der Waals surface area contributed by atoms with Crippen molar-refractivity contribution in [1.29, 1.82) is 0 Å². The van der Waals surface area contributed by atoms with Crippen LogP contribution in [0.5, 0.6) is 0 Å². The Kier molecular flexibility index (Phi) is 3.90. The van der Waals surface area contributed by atoms with E-state index >= 15 is 0 Å². The molecule has 88 valence electrons. The van der Waals surface area contributed by atoms with Gasteiger partial charge in [-0.3, -0.25) is 4.98 Å². The molecule has 1 heterocycles. The number of pyridine rings is 1.